The van der Waals surface area contributed by atoms with E-state index < -0.39 is 22.8 Å². The standard InChI is InChI=1S/C5H12O6S.Na/c1-2-12(8,9)11-10-4-5(7)3-6;/h5-7H,2-4H2,1H3;. The predicted octanol–water partition coefficient (Wildman–Crippen LogP) is -1.74. The molecule has 0 aliphatic heterocycles. The number of hydrogen-bond donors (Lipinski definition) is 2. The van der Waals surface area contributed by atoms with Crippen LogP contribution in [0.25, 0.3) is 0 Å². The molecule has 0 saturated heterocycles. The van der Waals surface area contributed by atoms with Crippen molar-refractivity contribution < 1.29 is 27.9 Å². The average molecular weight is 223 g/mol. The van der Waals surface area contributed by atoms with Crippen LogP contribution in [0.3, 0.4) is 0 Å². The summed E-state index contributed by atoms with van der Waals surface area (Å²) in [4.78, 5) is 4.14. The van der Waals surface area contributed by atoms with Crippen molar-refractivity contribution in [3.05, 3.63) is 0 Å². The summed E-state index contributed by atoms with van der Waals surface area (Å²) >= 11 is 0. The molecule has 0 aromatic heterocycles. The van der Waals surface area contributed by atoms with Crippen LogP contribution in [0.5, 0.6) is 0 Å². The maximum Gasteiger partial charge on any atom is 0.293 e. The van der Waals surface area contributed by atoms with Crippen molar-refractivity contribution in [1.82, 2.24) is 0 Å². The molecule has 0 rings (SSSR count). The van der Waals surface area contributed by atoms with Crippen LogP contribution in [0.1, 0.15) is 6.92 Å². The van der Waals surface area contributed by atoms with Gasteiger partial charge in [-0.2, -0.15) is 8.42 Å². The minimum Gasteiger partial charge on any atom is -0.394 e. The monoisotopic (exact) mass is 223 g/mol. The molecule has 6 nitrogen and oxygen atoms in total. The van der Waals surface area contributed by atoms with Gasteiger partial charge in [-0.25, -0.2) is 4.89 Å². The SMILES string of the molecule is CCS(=O)(=O)OOCC(O)CO.[Na]. The van der Waals surface area contributed by atoms with Gasteiger partial charge in [-0.15, -0.1) is 4.33 Å². The first kappa shape index (κ1) is 16.2. The third-order valence-electron chi connectivity index (χ3n) is 0.977. The van der Waals surface area contributed by atoms with E-state index in [0.717, 1.165) is 0 Å². The Hall–Kier alpha value is 0.790. The molecule has 0 spiro atoms. The van der Waals surface area contributed by atoms with Crippen LogP contribution in [-0.4, -0.2) is 73.3 Å². The van der Waals surface area contributed by atoms with Gasteiger partial charge in [0.15, 0.2) is 0 Å². The second-order valence-corrected chi connectivity index (χ2v) is 3.86. The van der Waals surface area contributed by atoms with Crippen LogP contribution < -0.4 is 0 Å². The molecule has 1 unspecified atom stereocenters. The van der Waals surface area contributed by atoms with E-state index in [1.807, 2.05) is 0 Å². The van der Waals surface area contributed by atoms with Crippen LogP contribution in [-0.2, 0) is 19.3 Å². The average Bonchev–Trinajstić information content (AvgIpc) is 2.04. The Bertz CT molecular complexity index is 203. The van der Waals surface area contributed by atoms with Crippen molar-refractivity contribution in [2.75, 3.05) is 19.0 Å². The molecule has 75 valence electrons. The van der Waals surface area contributed by atoms with E-state index in [9.17, 15) is 8.42 Å². The van der Waals surface area contributed by atoms with Crippen molar-refractivity contribution in [3.8, 4) is 0 Å². The first-order chi connectivity index (χ1) is 5.52. The second-order valence-electron chi connectivity index (χ2n) is 2.04. The summed E-state index contributed by atoms with van der Waals surface area (Å²) in [6.07, 6.45) is -1.13. The van der Waals surface area contributed by atoms with Gasteiger partial charge in [0.05, 0.1) is 12.4 Å². The molecule has 0 aliphatic carbocycles. The molecule has 0 fully saturated rings. The summed E-state index contributed by atoms with van der Waals surface area (Å²) in [7, 11) is -3.64. The van der Waals surface area contributed by atoms with Crippen LogP contribution in [0.4, 0.5) is 0 Å². The van der Waals surface area contributed by atoms with Crippen molar-refractivity contribution in [1.29, 1.82) is 0 Å². The van der Waals surface area contributed by atoms with Crippen molar-refractivity contribution in [2.24, 2.45) is 0 Å². The summed E-state index contributed by atoms with van der Waals surface area (Å²) < 4.78 is 25.1. The minimum atomic E-state index is -3.64. The van der Waals surface area contributed by atoms with Gasteiger partial charge in [0.2, 0.25) is 0 Å². The Morgan fingerprint density at radius 3 is 2.38 bits per heavy atom. The Morgan fingerprint density at radius 2 is 2.00 bits per heavy atom. The number of hydrogen-bond acceptors (Lipinski definition) is 6. The molecular weight excluding hydrogens is 211 g/mol. The van der Waals surface area contributed by atoms with Gasteiger partial charge < -0.3 is 10.2 Å². The minimum absolute atomic E-state index is 0. The van der Waals surface area contributed by atoms with Crippen LogP contribution in [0.2, 0.25) is 0 Å². The van der Waals surface area contributed by atoms with Gasteiger partial charge >= 0.3 is 0 Å². The van der Waals surface area contributed by atoms with E-state index in [1.165, 1.54) is 6.92 Å². The normalized spacial score (nSPS) is 13.5. The molecule has 0 saturated carbocycles. The van der Waals surface area contributed by atoms with E-state index >= 15 is 0 Å². The first-order valence-corrected chi connectivity index (χ1v) is 4.92. The van der Waals surface area contributed by atoms with E-state index in [2.05, 4.69) is 9.22 Å². The van der Waals surface area contributed by atoms with E-state index in [0.29, 0.717) is 0 Å². The summed E-state index contributed by atoms with van der Waals surface area (Å²) in [5.41, 5.74) is 0. The maximum absolute atomic E-state index is 10.6. The Kier molecular flexibility index (Phi) is 10.1. The van der Waals surface area contributed by atoms with E-state index in [1.54, 1.807) is 0 Å². The fraction of sp³-hybridized carbons (Fsp3) is 1.00. The zero-order chi connectivity index (χ0) is 9.61. The van der Waals surface area contributed by atoms with Gasteiger partial charge in [-0.05, 0) is 6.92 Å². The second kappa shape index (κ2) is 8.13. The third-order valence-corrected chi connectivity index (χ3v) is 1.99. The molecule has 2 N–H and O–H groups in total. The molecule has 1 atom stereocenters. The van der Waals surface area contributed by atoms with Gasteiger partial charge in [-0.1, -0.05) is 0 Å². The molecule has 0 aliphatic rings. The third kappa shape index (κ3) is 9.10. The van der Waals surface area contributed by atoms with E-state index in [4.69, 9.17) is 10.2 Å². The summed E-state index contributed by atoms with van der Waals surface area (Å²) in [5.74, 6) is -0.206. The van der Waals surface area contributed by atoms with Gasteiger partial charge in [0, 0.05) is 29.6 Å². The first-order valence-electron chi connectivity index (χ1n) is 3.34. The summed E-state index contributed by atoms with van der Waals surface area (Å²) in [6.45, 7) is 0.506. The van der Waals surface area contributed by atoms with Gasteiger partial charge in [-0.3, -0.25) is 0 Å². The topological polar surface area (TPSA) is 93.1 Å². The molecule has 0 bridgehead atoms. The predicted molar refractivity (Wildman–Crippen MR) is 45.3 cm³/mol. The number of rotatable bonds is 6. The fourth-order valence-corrected chi connectivity index (χ4v) is 0.579. The fourth-order valence-electron chi connectivity index (χ4n) is 0.280. The summed E-state index contributed by atoms with van der Waals surface area (Å²) in [6, 6.07) is 0. The smallest absolute Gasteiger partial charge is 0.293 e. The largest absolute Gasteiger partial charge is 0.394 e. The van der Waals surface area contributed by atoms with Crippen molar-refractivity contribution in [3.63, 3.8) is 0 Å². The molecular formula is C5H12NaO6S. The van der Waals surface area contributed by atoms with Crippen LogP contribution >= 0.6 is 0 Å². The summed E-state index contributed by atoms with van der Waals surface area (Å²) in [5, 5.41) is 17.0. The molecule has 0 aromatic carbocycles. The van der Waals surface area contributed by atoms with Crippen molar-refractivity contribution in [2.45, 2.75) is 13.0 Å². The molecule has 8 heteroatoms. The van der Waals surface area contributed by atoms with Crippen LogP contribution in [0, 0.1) is 0 Å². The number of aliphatic hydroxyl groups is 2. The van der Waals surface area contributed by atoms with Gasteiger partial charge in [0.1, 0.15) is 12.7 Å². The molecule has 0 heterocycles. The Balaban J connectivity index is 0. The van der Waals surface area contributed by atoms with Gasteiger partial charge in [0.25, 0.3) is 10.1 Å². The van der Waals surface area contributed by atoms with Crippen molar-refractivity contribution >= 4 is 39.7 Å². The quantitative estimate of drug-likeness (QED) is 0.315. The van der Waals surface area contributed by atoms with Crippen LogP contribution in [0.15, 0.2) is 0 Å². The zero-order valence-corrected chi connectivity index (χ0v) is 10.5. The van der Waals surface area contributed by atoms with E-state index in [-0.39, 0.29) is 41.9 Å². The molecule has 1 radical (unpaired) electrons. The molecule has 0 aromatic rings. The Labute approximate surface area is 99.2 Å². The maximum atomic E-state index is 10.6. The zero-order valence-electron chi connectivity index (χ0n) is 7.63. The molecule has 13 heavy (non-hydrogen) atoms. The number of aliphatic hydroxyl groups excluding tert-OH is 2. The Morgan fingerprint density at radius 1 is 1.46 bits per heavy atom. The molecule has 0 amide bonds.